The van der Waals surface area contributed by atoms with Crippen LogP contribution in [-0.2, 0) is 0 Å². The highest BCUT2D eigenvalue weighted by atomic mass is 32.2. The molecule has 21 heavy (non-hydrogen) atoms. The molecular formula is C13H17N5S3. The maximum Gasteiger partial charge on any atom is 0.209 e. The molecule has 0 amide bonds. The molecule has 4 rings (SSSR count). The summed E-state index contributed by atoms with van der Waals surface area (Å²) in [5.74, 6) is 1.63. The van der Waals surface area contributed by atoms with Crippen LogP contribution in [0.2, 0.25) is 0 Å². The lowest BCUT2D eigenvalue weighted by atomic mass is 10.1. The number of anilines is 1. The Morgan fingerprint density at radius 3 is 2.62 bits per heavy atom. The normalized spacial score (nSPS) is 19.7. The quantitative estimate of drug-likeness (QED) is 0.844. The fourth-order valence-corrected chi connectivity index (χ4v) is 5.75. The average Bonchev–Trinajstić information content (AvgIpc) is 3.28. The van der Waals surface area contributed by atoms with Gasteiger partial charge in [-0.25, -0.2) is 4.98 Å². The topological polar surface area (TPSA) is 54.8 Å². The average molecular weight is 340 g/mol. The highest BCUT2D eigenvalue weighted by Gasteiger charge is 2.22. The summed E-state index contributed by atoms with van der Waals surface area (Å²) in [5.41, 5.74) is 0. The summed E-state index contributed by atoms with van der Waals surface area (Å²) < 4.78 is 6.51. The molecule has 3 heterocycles. The smallest absolute Gasteiger partial charge is 0.209 e. The molecule has 8 heteroatoms. The minimum Gasteiger partial charge on any atom is -0.347 e. The van der Waals surface area contributed by atoms with Crippen LogP contribution in [0.1, 0.15) is 50.3 Å². The monoisotopic (exact) mass is 339 g/mol. The van der Waals surface area contributed by atoms with Crippen LogP contribution in [0.4, 0.5) is 5.13 Å². The van der Waals surface area contributed by atoms with Gasteiger partial charge in [0.1, 0.15) is 5.82 Å². The lowest BCUT2D eigenvalue weighted by molar-refractivity contribution is 0.676. The van der Waals surface area contributed by atoms with Crippen LogP contribution in [0.25, 0.3) is 0 Å². The molecule has 0 bridgehead atoms. The first kappa shape index (κ1) is 13.9. The molecule has 1 aliphatic carbocycles. The second-order valence-corrected chi connectivity index (χ2v) is 8.75. The zero-order valence-corrected chi connectivity index (χ0v) is 14.1. The molecule has 2 aromatic rings. The molecule has 1 aliphatic heterocycles. The summed E-state index contributed by atoms with van der Waals surface area (Å²) in [6.07, 6.45) is 7.67. The lowest BCUT2D eigenvalue weighted by Gasteiger charge is -2.10. The van der Waals surface area contributed by atoms with Crippen molar-refractivity contribution < 1.29 is 0 Å². The Labute approximate surface area is 136 Å². The molecule has 1 saturated heterocycles. The van der Waals surface area contributed by atoms with E-state index >= 15 is 0 Å². The van der Waals surface area contributed by atoms with E-state index in [1.54, 1.807) is 23.1 Å². The van der Waals surface area contributed by atoms with E-state index in [-0.39, 0.29) is 0 Å². The third-order valence-corrected chi connectivity index (χ3v) is 6.89. The maximum absolute atomic E-state index is 4.69. The fourth-order valence-electron chi connectivity index (χ4n) is 2.97. The Kier molecular flexibility index (Phi) is 4.09. The predicted octanol–water partition coefficient (Wildman–Crippen LogP) is 3.80. The van der Waals surface area contributed by atoms with E-state index in [1.807, 2.05) is 0 Å². The summed E-state index contributed by atoms with van der Waals surface area (Å²) >= 11 is 4.78. The third kappa shape index (κ3) is 3.07. The Morgan fingerprint density at radius 1 is 1.00 bits per heavy atom. The number of nitrogens with zero attached hydrogens (tertiary/aromatic N) is 5. The van der Waals surface area contributed by atoms with Crippen molar-refractivity contribution in [2.75, 3.05) is 18.0 Å². The molecule has 2 fully saturated rings. The second kappa shape index (κ2) is 6.18. The van der Waals surface area contributed by atoms with Gasteiger partial charge in [-0.05, 0) is 49.0 Å². The zero-order valence-electron chi connectivity index (χ0n) is 11.7. The Bertz CT molecular complexity index is 546. The van der Waals surface area contributed by atoms with Gasteiger partial charge >= 0.3 is 0 Å². The van der Waals surface area contributed by atoms with Crippen molar-refractivity contribution in [3.63, 3.8) is 0 Å². The van der Waals surface area contributed by atoms with Crippen molar-refractivity contribution in [3.05, 3.63) is 5.82 Å². The van der Waals surface area contributed by atoms with Crippen LogP contribution in [0.5, 0.6) is 0 Å². The van der Waals surface area contributed by atoms with Crippen molar-refractivity contribution in [1.29, 1.82) is 0 Å². The summed E-state index contributed by atoms with van der Waals surface area (Å²) in [5, 5.41) is 9.65. The van der Waals surface area contributed by atoms with Gasteiger partial charge in [-0.3, -0.25) is 0 Å². The van der Waals surface area contributed by atoms with Gasteiger partial charge in [0.25, 0.3) is 0 Å². The molecule has 0 spiro atoms. The van der Waals surface area contributed by atoms with Gasteiger partial charge in [0.15, 0.2) is 8.68 Å². The third-order valence-electron chi connectivity index (χ3n) is 4.09. The standard InChI is InChI=1S/C13H17N5S3/c1-2-6-9(5-1)10-14-12(21-17-10)20-13-16-15-11(19-13)18-7-3-4-8-18/h9H,1-8H2. The van der Waals surface area contributed by atoms with Gasteiger partial charge in [-0.1, -0.05) is 24.2 Å². The van der Waals surface area contributed by atoms with E-state index in [0.29, 0.717) is 5.92 Å². The summed E-state index contributed by atoms with van der Waals surface area (Å²) in [4.78, 5) is 7.02. The summed E-state index contributed by atoms with van der Waals surface area (Å²) in [6, 6.07) is 0. The van der Waals surface area contributed by atoms with E-state index in [2.05, 4.69) is 24.5 Å². The molecule has 0 N–H and O–H groups in total. The minimum absolute atomic E-state index is 0.588. The molecule has 5 nitrogen and oxygen atoms in total. The van der Waals surface area contributed by atoms with Crippen molar-refractivity contribution in [2.24, 2.45) is 0 Å². The minimum atomic E-state index is 0.588. The van der Waals surface area contributed by atoms with E-state index in [0.717, 1.165) is 32.7 Å². The van der Waals surface area contributed by atoms with E-state index in [4.69, 9.17) is 0 Å². The molecular weight excluding hydrogens is 322 g/mol. The van der Waals surface area contributed by atoms with E-state index in [9.17, 15) is 0 Å². The van der Waals surface area contributed by atoms with Gasteiger partial charge in [0.05, 0.1) is 0 Å². The van der Waals surface area contributed by atoms with Gasteiger partial charge < -0.3 is 4.90 Å². The van der Waals surface area contributed by atoms with E-state index < -0.39 is 0 Å². The molecule has 2 aliphatic rings. The van der Waals surface area contributed by atoms with Gasteiger partial charge in [0.2, 0.25) is 5.13 Å². The van der Waals surface area contributed by atoms with Crippen molar-refractivity contribution in [1.82, 2.24) is 19.6 Å². The van der Waals surface area contributed by atoms with Crippen LogP contribution in [0.3, 0.4) is 0 Å². The van der Waals surface area contributed by atoms with E-state index in [1.165, 1.54) is 50.1 Å². The first-order valence-corrected chi connectivity index (χ1v) is 9.89. The number of hydrogen-bond acceptors (Lipinski definition) is 8. The van der Waals surface area contributed by atoms with Gasteiger partial charge in [-0.15, -0.1) is 10.2 Å². The van der Waals surface area contributed by atoms with Crippen LogP contribution >= 0.6 is 34.6 Å². The number of rotatable bonds is 4. The Hall–Kier alpha value is -0.730. The van der Waals surface area contributed by atoms with Gasteiger partial charge in [-0.2, -0.15) is 4.37 Å². The van der Waals surface area contributed by atoms with Crippen molar-refractivity contribution >= 4 is 39.8 Å². The second-order valence-electron chi connectivity index (χ2n) is 5.55. The number of hydrogen-bond donors (Lipinski definition) is 0. The van der Waals surface area contributed by atoms with Crippen LogP contribution in [0, 0.1) is 0 Å². The maximum atomic E-state index is 4.69. The molecule has 0 aromatic carbocycles. The van der Waals surface area contributed by atoms with Crippen molar-refractivity contribution in [2.45, 2.75) is 53.1 Å². The van der Waals surface area contributed by atoms with Gasteiger partial charge in [0, 0.05) is 19.0 Å². The highest BCUT2D eigenvalue weighted by molar-refractivity contribution is 8.02. The van der Waals surface area contributed by atoms with Crippen molar-refractivity contribution in [3.8, 4) is 0 Å². The first-order valence-electron chi connectivity index (χ1n) is 7.48. The zero-order chi connectivity index (χ0) is 14.1. The predicted molar refractivity (Wildman–Crippen MR) is 86.6 cm³/mol. The SMILES string of the molecule is C1CCC(c2nsc(Sc3nnc(N4CCCC4)s3)n2)C1. The largest absolute Gasteiger partial charge is 0.347 e. The van der Waals surface area contributed by atoms with Crippen LogP contribution in [-0.4, -0.2) is 32.6 Å². The molecule has 0 radical (unpaired) electrons. The molecule has 0 atom stereocenters. The highest BCUT2D eigenvalue weighted by Crippen LogP contribution is 2.38. The molecule has 112 valence electrons. The Balaban J connectivity index is 1.43. The summed E-state index contributed by atoms with van der Waals surface area (Å²) in [7, 11) is 0. The fraction of sp³-hybridized carbons (Fsp3) is 0.692. The molecule has 1 saturated carbocycles. The lowest BCUT2D eigenvalue weighted by Crippen LogP contribution is -2.17. The molecule has 2 aromatic heterocycles. The number of aromatic nitrogens is 4. The van der Waals surface area contributed by atoms with Crippen LogP contribution in [0.15, 0.2) is 8.68 Å². The summed E-state index contributed by atoms with van der Waals surface area (Å²) in [6.45, 7) is 2.23. The van der Waals surface area contributed by atoms with Crippen LogP contribution < -0.4 is 4.90 Å². The molecule has 0 unspecified atom stereocenters. The Morgan fingerprint density at radius 2 is 1.81 bits per heavy atom. The first-order chi connectivity index (χ1) is 10.4.